The summed E-state index contributed by atoms with van der Waals surface area (Å²) in [5, 5.41) is 2.69. The van der Waals surface area contributed by atoms with E-state index in [-0.39, 0.29) is 30.0 Å². The van der Waals surface area contributed by atoms with Crippen molar-refractivity contribution in [3.63, 3.8) is 0 Å². The Morgan fingerprint density at radius 1 is 0.949 bits per heavy atom. The summed E-state index contributed by atoms with van der Waals surface area (Å²) in [6.45, 7) is 3.45. The van der Waals surface area contributed by atoms with Crippen LogP contribution in [0, 0.1) is 5.82 Å². The van der Waals surface area contributed by atoms with Gasteiger partial charge in [0.15, 0.2) is 5.78 Å². The van der Waals surface area contributed by atoms with E-state index in [9.17, 15) is 27.2 Å². The molecule has 3 heterocycles. The zero-order chi connectivity index (χ0) is 27.6. The number of Topliss-reactive ketones (excluding diaryl/α,β-unsaturated/α-hetero) is 1. The largest absolute Gasteiger partial charge is 0.416 e. The minimum absolute atomic E-state index is 0.0382. The lowest BCUT2D eigenvalue weighted by molar-refractivity contribution is -0.137. The Morgan fingerprint density at radius 3 is 2.31 bits per heavy atom. The fourth-order valence-corrected chi connectivity index (χ4v) is 6.02. The van der Waals surface area contributed by atoms with Crippen molar-refractivity contribution in [2.24, 2.45) is 0 Å². The molecule has 0 aliphatic carbocycles. The average Bonchev–Trinajstić information content (AvgIpc) is 3.43. The summed E-state index contributed by atoms with van der Waals surface area (Å²) in [6, 6.07) is 10.8. The molecule has 1 aromatic heterocycles. The highest BCUT2D eigenvalue weighted by atomic mass is 32.1. The number of hydrogen-bond acceptors (Lipinski definition) is 6. The number of benzene rings is 2. The minimum Gasteiger partial charge on any atom is -0.368 e. The lowest BCUT2D eigenvalue weighted by Crippen LogP contribution is -2.49. The summed E-state index contributed by atoms with van der Waals surface area (Å²) in [4.78, 5) is 35.9. The molecule has 0 radical (unpaired) electrons. The van der Waals surface area contributed by atoms with Gasteiger partial charge >= 0.3 is 6.18 Å². The summed E-state index contributed by atoms with van der Waals surface area (Å²) in [7, 11) is 0. The van der Waals surface area contributed by atoms with Crippen molar-refractivity contribution in [3.8, 4) is 0 Å². The van der Waals surface area contributed by atoms with Crippen LogP contribution in [0.2, 0.25) is 0 Å². The number of anilines is 1. The number of likely N-dealkylation sites (tertiary alicyclic amines) is 1. The van der Waals surface area contributed by atoms with Crippen LogP contribution in [0.3, 0.4) is 0 Å². The van der Waals surface area contributed by atoms with Crippen LogP contribution in [0.4, 0.5) is 23.2 Å². The second-order valence-electron chi connectivity index (χ2n) is 9.88. The maximum Gasteiger partial charge on any atom is 0.416 e. The Morgan fingerprint density at radius 2 is 1.64 bits per heavy atom. The van der Waals surface area contributed by atoms with Crippen molar-refractivity contribution in [1.82, 2.24) is 14.8 Å². The number of halogens is 4. The number of aromatic nitrogens is 1. The first kappa shape index (κ1) is 27.3. The quantitative estimate of drug-likeness (QED) is 0.302. The fourth-order valence-electron chi connectivity index (χ4n) is 5.05. The van der Waals surface area contributed by atoms with Gasteiger partial charge in [0, 0.05) is 48.7 Å². The van der Waals surface area contributed by atoms with Gasteiger partial charge in [-0.05, 0) is 68.4 Å². The summed E-state index contributed by atoms with van der Waals surface area (Å²) in [5.41, 5.74) is 0.714. The zero-order valence-electron chi connectivity index (χ0n) is 21.2. The van der Waals surface area contributed by atoms with E-state index in [1.54, 1.807) is 16.3 Å². The standard InChI is InChI=1S/C28H28F4N4O2S/c29-22-6-4-19(5-7-22)25(37)17-34-10-8-20(9-11-34)26-33-24(18-39-26)27(38)36-14-12-35(13-15-36)23-3-1-2-21(16-23)28(30,31)32/h1-7,16,18,20H,8-15,17H2. The van der Waals surface area contributed by atoms with E-state index in [1.165, 1.54) is 41.7 Å². The predicted octanol–water partition coefficient (Wildman–Crippen LogP) is 5.33. The third kappa shape index (κ3) is 6.47. The average molecular weight is 561 g/mol. The van der Waals surface area contributed by atoms with Crippen molar-refractivity contribution in [3.05, 3.63) is 81.6 Å². The van der Waals surface area contributed by atoms with Crippen molar-refractivity contribution in [2.45, 2.75) is 24.9 Å². The first-order valence-electron chi connectivity index (χ1n) is 12.9. The molecule has 0 spiro atoms. The number of piperidine rings is 1. The maximum absolute atomic E-state index is 13.1. The molecule has 1 amide bonds. The molecule has 2 aliphatic rings. The van der Waals surface area contributed by atoms with E-state index in [0.29, 0.717) is 43.1 Å². The summed E-state index contributed by atoms with van der Waals surface area (Å²) in [5.74, 6) is -0.357. The van der Waals surface area contributed by atoms with Gasteiger partial charge in [0.05, 0.1) is 17.1 Å². The molecule has 39 heavy (non-hydrogen) atoms. The predicted molar refractivity (Wildman–Crippen MR) is 141 cm³/mol. The molecule has 2 aromatic carbocycles. The number of carbonyl (C=O) groups excluding carboxylic acids is 2. The number of nitrogens with zero attached hydrogens (tertiary/aromatic N) is 4. The zero-order valence-corrected chi connectivity index (χ0v) is 22.0. The van der Waals surface area contributed by atoms with Crippen LogP contribution < -0.4 is 4.90 Å². The maximum atomic E-state index is 13.1. The van der Waals surface area contributed by atoms with Crippen LogP contribution >= 0.6 is 11.3 Å². The number of hydrogen-bond donors (Lipinski definition) is 0. The molecule has 2 aliphatic heterocycles. The van der Waals surface area contributed by atoms with E-state index in [0.717, 1.165) is 43.1 Å². The van der Waals surface area contributed by atoms with Gasteiger partial charge in [-0.3, -0.25) is 14.5 Å². The smallest absolute Gasteiger partial charge is 0.368 e. The number of rotatable bonds is 6. The number of alkyl halides is 3. The summed E-state index contributed by atoms with van der Waals surface area (Å²) < 4.78 is 52.3. The van der Waals surface area contributed by atoms with E-state index >= 15 is 0 Å². The van der Waals surface area contributed by atoms with Gasteiger partial charge in [-0.2, -0.15) is 13.2 Å². The fraction of sp³-hybridized carbons (Fsp3) is 0.393. The van der Waals surface area contributed by atoms with Crippen molar-refractivity contribution in [1.29, 1.82) is 0 Å². The third-order valence-corrected chi connectivity index (χ3v) is 8.32. The van der Waals surface area contributed by atoms with Gasteiger partial charge < -0.3 is 9.80 Å². The summed E-state index contributed by atoms with van der Waals surface area (Å²) in [6.07, 6.45) is -2.74. The number of carbonyl (C=O) groups is 2. The molecule has 0 unspecified atom stereocenters. The SMILES string of the molecule is O=C(CN1CCC(c2nc(C(=O)N3CCN(c4cccc(C(F)(F)F)c4)CC3)cs2)CC1)c1ccc(F)cc1. The molecular weight excluding hydrogens is 532 g/mol. The Hall–Kier alpha value is -3.31. The molecule has 0 bridgehead atoms. The third-order valence-electron chi connectivity index (χ3n) is 7.32. The van der Waals surface area contributed by atoms with Crippen LogP contribution in [0.5, 0.6) is 0 Å². The number of amides is 1. The Balaban J connectivity index is 1.11. The monoisotopic (exact) mass is 560 g/mol. The van der Waals surface area contributed by atoms with Gasteiger partial charge in [-0.15, -0.1) is 11.3 Å². The molecule has 0 atom stereocenters. The van der Waals surface area contributed by atoms with Crippen LogP contribution in [-0.2, 0) is 6.18 Å². The van der Waals surface area contributed by atoms with Gasteiger partial charge in [-0.1, -0.05) is 6.07 Å². The highest BCUT2D eigenvalue weighted by Crippen LogP contribution is 2.33. The first-order valence-corrected chi connectivity index (χ1v) is 13.7. The molecule has 0 saturated carbocycles. The van der Waals surface area contributed by atoms with Crippen molar-refractivity contribution < 1.29 is 27.2 Å². The van der Waals surface area contributed by atoms with E-state index in [2.05, 4.69) is 9.88 Å². The van der Waals surface area contributed by atoms with Crippen molar-refractivity contribution in [2.75, 3.05) is 50.7 Å². The first-order chi connectivity index (χ1) is 18.7. The van der Waals surface area contributed by atoms with E-state index in [1.807, 2.05) is 4.90 Å². The molecule has 6 nitrogen and oxygen atoms in total. The van der Waals surface area contributed by atoms with Gasteiger partial charge in [0.1, 0.15) is 11.5 Å². The van der Waals surface area contributed by atoms with Gasteiger partial charge in [-0.25, -0.2) is 9.37 Å². The molecule has 206 valence electrons. The molecular formula is C28H28F4N4O2S. The second kappa shape index (κ2) is 11.4. The Bertz CT molecular complexity index is 1310. The number of piperazine rings is 1. The number of ketones is 1. The van der Waals surface area contributed by atoms with Crippen LogP contribution in [0.25, 0.3) is 0 Å². The minimum atomic E-state index is -4.39. The lowest BCUT2D eigenvalue weighted by Gasteiger charge is -2.36. The number of thiazole rings is 1. The normalized spacial score (nSPS) is 17.4. The molecule has 11 heteroatoms. The highest BCUT2D eigenvalue weighted by Gasteiger charge is 2.32. The van der Waals surface area contributed by atoms with Crippen molar-refractivity contribution >= 4 is 28.7 Å². The van der Waals surface area contributed by atoms with E-state index < -0.39 is 11.7 Å². The van der Waals surface area contributed by atoms with Crippen LogP contribution in [-0.4, -0.2) is 72.3 Å². The molecule has 2 fully saturated rings. The molecule has 5 rings (SSSR count). The molecule has 0 N–H and O–H groups in total. The lowest BCUT2D eigenvalue weighted by atomic mass is 9.97. The summed E-state index contributed by atoms with van der Waals surface area (Å²) >= 11 is 1.47. The highest BCUT2D eigenvalue weighted by molar-refractivity contribution is 7.09. The molecule has 2 saturated heterocycles. The second-order valence-corrected chi connectivity index (χ2v) is 10.8. The topological polar surface area (TPSA) is 56.8 Å². The molecule has 3 aromatic rings. The Labute approximate surface area is 227 Å². The van der Waals surface area contributed by atoms with Crippen LogP contribution in [0.15, 0.2) is 53.9 Å². The van der Waals surface area contributed by atoms with Crippen LogP contribution in [0.1, 0.15) is 50.2 Å². The van der Waals surface area contributed by atoms with Gasteiger partial charge in [0.2, 0.25) is 0 Å². The van der Waals surface area contributed by atoms with E-state index in [4.69, 9.17) is 0 Å². The Kier molecular flexibility index (Phi) is 7.99. The van der Waals surface area contributed by atoms with Gasteiger partial charge in [0.25, 0.3) is 5.91 Å².